The van der Waals surface area contributed by atoms with Crippen molar-refractivity contribution in [3.05, 3.63) is 35.9 Å². The van der Waals surface area contributed by atoms with Crippen LogP contribution in [-0.2, 0) is 10.2 Å². The Balaban J connectivity index is 2.20. The third-order valence-corrected chi connectivity index (χ3v) is 4.30. The van der Waals surface area contributed by atoms with Crippen LogP contribution in [0, 0.1) is 0 Å². The Morgan fingerprint density at radius 3 is 2.42 bits per heavy atom. The molecule has 0 unspecified atom stereocenters. The third kappa shape index (κ3) is 2.94. The van der Waals surface area contributed by atoms with Gasteiger partial charge in [-0.05, 0) is 38.7 Å². The van der Waals surface area contributed by atoms with Gasteiger partial charge in [-0.25, -0.2) is 0 Å². The lowest BCUT2D eigenvalue weighted by molar-refractivity contribution is -0.140. The summed E-state index contributed by atoms with van der Waals surface area (Å²) in [5.41, 5.74) is 0.585. The first-order valence-electron chi connectivity index (χ1n) is 7.00. The smallest absolute Gasteiger partial charge is 0.232 e. The van der Waals surface area contributed by atoms with Gasteiger partial charge in [0.05, 0.1) is 5.41 Å². The molecule has 0 radical (unpaired) electrons. The molecule has 1 amide bonds. The number of halogens is 1. The molecule has 0 atom stereocenters. The molecule has 1 saturated carbocycles. The van der Waals surface area contributed by atoms with E-state index in [0.29, 0.717) is 18.5 Å². The summed E-state index contributed by atoms with van der Waals surface area (Å²) >= 11 is 5.87. The molecule has 2 rings (SSSR count). The van der Waals surface area contributed by atoms with Gasteiger partial charge in [-0.2, -0.15) is 0 Å². The Hall–Kier alpha value is -1.02. The Bertz CT molecular complexity index is 426. The van der Waals surface area contributed by atoms with Crippen molar-refractivity contribution >= 4 is 17.5 Å². The average Bonchev–Trinajstić information content (AvgIpc) is 2.36. The third-order valence-electron chi connectivity index (χ3n) is 4.13. The van der Waals surface area contributed by atoms with E-state index in [1.165, 1.54) is 6.42 Å². The first-order valence-corrected chi connectivity index (χ1v) is 7.53. The van der Waals surface area contributed by atoms with Crippen LogP contribution >= 0.6 is 11.6 Å². The Morgan fingerprint density at radius 2 is 1.95 bits per heavy atom. The fraction of sp³-hybridized carbons (Fsp3) is 0.562. The van der Waals surface area contributed by atoms with Crippen molar-refractivity contribution in [2.75, 3.05) is 12.4 Å². The molecule has 0 spiro atoms. The fourth-order valence-corrected chi connectivity index (χ4v) is 2.76. The topological polar surface area (TPSA) is 20.3 Å². The molecule has 0 saturated heterocycles. The van der Waals surface area contributed by atoms with Crippen LogP contribution in [0.25, 0.3) is 0 Å². The summed E-state index contributed by atoms with van der Waals surface area (Å²) in [7, 11) is 0. The molecule has 19 heavy (non-hydrogen) atoms. The van der Waals surface area contributed by atoms with Crippen molar-refractivity contribution in [3.63, 3.8) is 0 Å². The molecule has 1 aliphatic carbocycles. The lowest BCUT2D eigenvalue weighted by Gasteiger charge is -2.41. The predicted molar refractivity (Wildman–Crippen MR) is 79.5 cm³/mol. The van der Waals surface area contributed by atoms with Crippen molar-refractivity contribution < 1.29 is 4.79 Å². The van der Waals surface area contributed by atoms with Crippen molar-refractivity contribution in [2.45, 2.75) is 44.6 Å². The molecule has 104 valence electrons. The van der Waals surface area contributed by atoms with Crippen LogP contribution in [0.15, 0.2) is 30.3 Å². The molecule has 0 aliphatic heterocycles. The van der Waals surface area contributed by atoms with E-state index >= 15 is 0 Å². The predicted octanol–water partition coefficient (Wildman–Crippen LogP) is 3.58. The maximum absolute atomic E-state index is 12.9. The van der Waals surface area contributed by atoms with Gasteiger partial charge >= 0.3 is 0 Å². The zero-order valence-corrected chi connectivity index (χ0v) is 12.5. The molecule has 1 aromatic carbocycles. The summed E-state index contributed by atoms with van der Waals surface area (Å²) in [5, 5.41) is 0. The molecule has 0 N–H and O–H groups in total. The molecule has 0 aromatic heterocycles. The summed E-state index contributed by atoms with van der Waals surface area (Å²) in [6.07, 6.45) is 3.46. The van der Waals surface area contributed by atoms with Gasteiger partial charge in [0.15, 0.2) is 0 Å². The summed E-state index contributed by atoms with van der Waals surface area (Å²) in [6, 6.07) is 10.4. The van der Waals surface area contributed by atoms with Crippen LogP contribution in [0.1, 0.15) is 38.7 Å². The first-order chi connectivity index (χ1) is 9.07. The zero-order valence-electron chi connectivity index (χ0n) is 11.7. The van der Waals surface area contributed by atoms with Gasteiger partial charge in [0.1, 0.15) is 0 Å². The van der Waals surface area contributed by atoms with Gasteiger partial charge in [0, 0.05) is 18.5 Å². The number of carbonyl (C=O) groups is 1. The second-order valence-corrected chi connectivity index (χ2v) is 6.14. The molecule has 1 aromatic rings. The summed E-state index contributed by atoms with van der Waals surface area (Å²) in [4.78, 5) is 14.8. The molecule has 3 heteroatoms. The van der Waals surface area contributed by atoms with Gasteiger partial charge in [0.2, 0.25) is 5.91 Å². The van der Waals surface area contributed by atoms with Gasteiger partial charge < -0.3 is 4.90 Å². The van der Waals surface area contributed by atoms with E-state index < -0.39 is 5.41 Å². The van der Waals surface area contributed by atoms with Gasteiger partial charge in [-0.15, -0.1) is 11.6 Å². The van der Waals surface area contributed by atoms with Gasteiger partial charge in [0.25, 0.3) is 0 Å². The normalized spacial score (nSPS) is 15.9. The van der Waals surface area contributed by atoms with E-state index in [1.54, 1.807) is 0 Å². The highest BCUT2D eigenvalue weighted by atomic mass is 35.5. The van der Waals surface area contributed by atoms with Crippen LogP contribution in [0.2, 0.25) is 0 Å². The van der Waals surface area contributed by atoms with Crippen LogP contribution in [-0.4, -0.2) is 29.3 Å². The summed E-state index contributed by atoms with van der Waals surface area (Å²) in [5.74, 6) is 0.705. The molecule has 0 heterocycles. The van der Waals surface area contributed by atoms with Crippen molar-refractivity contribution in [3.8, 4) is 0 Å². The zero-order chi connectivity index (χ0) is 13.9. The maximum Gasteiger partial charge on any atom is 0.232 e. The number of carbonyl (C=O) groups excluding carboxylic acids is 1. The molecule has 1 fully saturated rings. The standard InChI is InChI=1S/C16H22ClNO/c1-16(2,13-7-4-3-5-8-13)15(19)18(12-11-17)14-9-6-10-14/h3-5,7-8,14H,6,9-12H2,1-2H3. The van der Waals surface area contributed by atoms with Crippen LogP contribution in [0.5, 0.6) is 0 Å². The van der Waals surface area contributed by atoms with Crippen LogP contribution in [0.3, 0.4) is 0 Å². The SMILES string of the molecule is CC(C)(C(=O)N(CCCl)C1CCC1)c1ccccc1. The van der Waals surface area contributed by atoms with Crippen molar-refractivity contribution in [1.82, 2.24) is 4.90 Å². The Morgan fingerprint density at radius 1 is 1.32 bits per heavy atom. The lowest BCUT2D eigenvalue weighted by atomic mass is 9.81. The van der Waals surface area contributed by atoms with E-state index in [9.17, 15) is 4.79 Å². The second kappa shape index (κ2) is 5.96. The largest absolute Gasteiger partial charge is 0.338 e. The maximum atomic E-state index is 12.9. The highest BCUT2D eigenvalue weighted by Crippen LogP contribution is 2.31. The van der Waals surface area contributed by atoms with Gasteiger partial charge in [-0.3, -0.25) is 4.79 Å². The number of nitrogens with zero attached hydrogens (tertiary/aromatic N) is 1. The van der Waals surface area contributed by atoms with Gasteiger partial charge in [-0.1, -0.05) is 30.3 Å². The number of amides is 1. The summed E-state index contributed by atoms with van der Waals surface area (Å²) in [6.45, 7) is 4.66. The quantitative estimate of drug-likeness (QED) is 0.755. The van der Waals surface area contributed by atoms with E-state index in [1.807, 2.05) is 49.1 Å². The minimum Gasteiger partial charge on any atom is -0.338 e. The number of alkyl halides is 1. The minimum atomic E-state index is -0.483. The van der Waals surface area contributed by atoms with E-state index in [0.717, 1.165) is 18.4 Å². The molecular weight excluding hydrogens is 258 g/mol. The molecule has 1 aliphatic rings. The number of benzene rings is 1. The van der Waals surface area contributed by atoms with E-state index in [-0.39, 0.29) is 5.91 Å². The highest BCUT2D eigenvalue weighted by Gasteiger charge is 2.38. The summed E-state index contributed by atoms with van der Waals surface area (Å²) < 4.78 is 0. The minimum absolute atomic E-state index is 0.198. The first kappa shape index (κ1) is 14.4. The highest BCUT2D eigenvalue weighted by molar-refractivity contribution is 6.18. The van der Waals surface area contributed by atoms with E-state index in [2.05, 4.69) is 0 Å². The molecular formula is C16H22ClNO. The fourth-order valence-electron chi connectivity index (χ4n) is 2.58. The number of rotatable bonds is 5. The van der Waals surface area contributed by atoms with Crippen molar-refractivity contribution in [1.29, 1.82) is 0 Å². The van der Waals surface area contributed by atoms with E-state index in [4.69, 9.17) is 11.6 Å². The molecule has 0 bridgehead atoms. The Labute approximate surface area is 120 Å². The van der Waals surface area contributed by atoms with Crippen LogP contribution < -0.4 is 0 Å². The average molecular weight is 280 g/mol. The van der Waals surface area contributed by atoms with Crippen LogP contribution in [0.4, 0.5) is 0 Å². The monoisotopic (exact) mass is 279 g/mol. The number of hydrogen-bond acceptors (Lipinski definition) is 1. The Kier molecular flexibility index (Phi) is 4.51. The van der Waals surface area contributed by atoms with Crippen molar-refractivity contribution in [2.24, 2.45) is 0 Å². The second-order valence-electron chi connectivity index (χ2n) is 5.76. The molecule has 2 nitrogen and oxygen atoms in total. The number of hydrogen-bond donors (Lipinski definition) is 0. The lowest BCUT2D eigenvalue weighted by Crippen LogP contribution is -2.51.